The minimum absolute atomic E-state index is 0.192. The molecule has 3 N–H and O–H groups in total. The van der Waals surface area contributed by atoms with Gasteiger partial charge in [0.15, 0.2) is 29.4 Å². The molecule has 4 atom stereocenters. The summed E-state index contributed by atoms with van der Waals surface area (Å²) in [6, 6.07) is 7.03. The number of ether oxygens (including phenoxy) is 2. The number of carbonyl (C=O) groups is 1. The van der Waals surface area contributed by atoms with E-state index < -0.39 is 53.7 Å². The number of terminal acetylenes is 1. The Kier molecular flexibility index (Phi) is 7.55. The molecule has 4 rings (SSSR count). The summed E-state index contributed by atoms with van der Waals surface area (Å²) in [6.45, 7) is 2.28. The van der Waals surface area contributed by atoms with Crippen molar-refractivity contribution < 1.29 is 36.4 Å². The molecule has 1 saturated heterocycles. The van der Waals surface area contributed by atoms with E-state index in [9.17, 15) is 18.3 Å². The van der Waals surface area contributed by atoms with Crippen LogP contribution in [-0.4, -0.2) is 70.2 Å². The largest absolute Gasteiger partial charge is 0.446 e. The maximum absolute atomic E-state index is 15.0. The molecule has 1 amide bonds. The number of rotatable bonds is 8. The van der Waals surface area contributed by atoms with Crippen molar-refractivity contribution in [1.82, 2.24) is 24.2 Å². The van der Waals surface area contributed by atoms with Gasteiger partial charge in [-0.25, -0.2) is 24.1 Å². The van der Waals surface area contributed by atoms with Crippen molar-refractivity contribution in [3.05, 3.63) is 42.5 Å². The molecule has 1 aliphatic rings. The van der Waals surface area contributed by atoms with E-state index in [1.54, 1.807) is 29.0 Å². The summed E-state index contributed by atoms with van der Waals surface area (Å²) in [5.74, 6) is 2.85. The molecule has 1 aromatic carbocycles. The number of hydrogen-bond acceptors (Lipinski definition) is 11. The van der Waals surface area contributed by atoms with Crippen LogP contribution in [0.4, 0.5) is 20.7 Å². The molecule has 3 aromatic rings. The maximum atomic E-state index is 15.0. The molecule has 3 heterocycles. The molecular weight excluding hydrogens is 511 g/mol. The normalized spacial score (nSPS) is 21.6. The van der Waals surface area contributed by atoms with E-state index in [2.05, 4.69) is 35.1 Å². The van der Waals surface area contributed by atoms with Gasteiger partial charge in [-0.3, -0.25) is 8.75 Å². The molecule has 0 saturated carbocycles. The second-order valence-electron chi connectivity index (χ2n) is 8.19. The lowest BCUT2D eigenvalue weighted by Gasteiger charge is -2.16. The monoisotopic (exact) mass is 534 g/mol. The number of imidazole rings is 1. The molecular formula is C22H23FN6O7S. The van der Waals surface area contributed by atoms with Crippen molar-refractivity contribution in [2.75, 3.05) is 11.9 Å². The first kappa shape index (κ1) is 26.2. The lowest BCUT2D eigenvalue weighted by atomic mass is 10.1. The number of nitrogens with zero attached hydrogens (tertiary/aromatic N) is 4. The van der Waals surface area contributed by atoms with Crippen LogP contribution in [0.25, 0.3) is 11.2 Å². The van der Waals surface area contributed by atoms with Crippen LogP contribution in [0, 0.1) is 12.3 Å². The van der Waals surface area contributed by atoms with E-state index >= 15 is 4.39 Å². The number of carbonyl (C=O) groups excluding carboxylic acids is 1. The summed E-state index contributed by atoms with van der Waals surface area (Å²) < 4.78 is 56.7. The van der Waals surface area contributed by atoms with Crippen LogP contribution in [0.5, 0.6) is 0 Å². The van der Waals surface area contributed by atoms with Crippen LogP contribution in [-0.2, 0) is 24.0 Å². The SMILES string of the molecule is C#Cc1cccc(Nc2ncnc3c2ncn3[C@@H]2O[C@H](COS(=O)(=O)NC(=O)OC(C)C)[C@@H](O)[C@@H]2F)c1. The van der Waals surface area contributed by atoms with Crippen LogP contribution < -0.4 is 10.0 Å². The Labute approximate surface area is 211 Å². The van der Waals surface area contributed by atoms with Gasteiger partial charge in [0.1, 0.15) is 18.5 Å². The molecule has 0 aliphatic carbocycles. The summed E-state index contributed by atoms with van der Waals surface area (Å²) >= 11 is 0. The Morgan fingerprint density at radius 1 is 1.35 bits per heavy atom. The lowest BCUT2D eigenvalue weighted by molar-refractivity contribution is -0.0405. The first-order chi connectivity index (χ1) is 17.6. The van der Waals surface area contributed by atoms with Gasteiger partial charge in [0.2, 0.25) is 0 Å². The highest BCUT2D eigenvalue weighted by atomic mass is 32.2. The second kappa shape index (κ2) is 10.6. The van der Waals surface area contributed by atoms with Gasteiger partial charge in [0.05, 0.1) is 19.0 Å². The Balaban J connectivity index is 1.48. The van der Waals surface area contributed by atoms with Crippen LogP contribution in [0.1, 0.15) is 25.6 Å². The topological polar surface area (TPSA) is 167 Å². The third kappa shape index (κ3) is 5.94. The molecule has 0 radical (unpaired) electrons. The predicted molar refractivity (Wildman–Crippen MR) is 127 cm³/mol. The maximum Gasteiger partial charge on any atom is 0.422 e. The Morgan fingerprint density at radius 2 is 2.14 bits per heavy atom. The number of alkyl halides is 1. The smallest absolute Gasteiger partial charge is 0.422 e. The van der Waals surface area contributed by atoms with E-state index in [1.165, 1.54) is 31.1 Å². The van der Waals surface area contributed by atoms with Crippen molar-refractivity contribution >= 4 is 39.1 Å². The van der Waals surface area contributed by atoms with E-state index in [0.29, 0.717) is 17.1 Å². The lowest BCUT2D eigenvalue weighted by Crippen LogP contribution is -2.37. The number of hydrogen-bond donors (Lipinski definition) is 3. The van der Waals surface area contributed by atoms with Crippen LogP contribution in [0.2, 0.25) is 0 Å². The first-order valence-corrected chi connectivity index (χ1v) is 12.4. The number of aromatic nitrogens is 4. The van der Waals surface area contributed by atoms with Crippen molar-refractivity contribution in [2.45, 2.75) is 44.6 Å². The molecule has 2 aromatic heterocycles. The van der Waals surface area contributed by atoms with Gasteiger partial charge in [-0.2, -0.15) is 13.1 Å². The van der Waals surface area contributed by atoms with Gasteiger partial charge < -0.3 is 19.9 Å². The molecule has 1 aliphatic heterocycles. The van der Waals surface area contributed by atoms with Gasteiger partial charge in [0, 0.05) is 11.3 Å². The zero-order valence-electron chi connectivity index (χ0n) is 19.6. The number of halogens is 1. The van der Waals surface area contributed by atoms with Crippen LogP contribution in [0.15, 0.2) is 36.9 Å². The summed E-state index contributed by atoms with van der Waals surface area (Å²) in [5, 5.41) is 13.4. The molecule has 196 valence electrons. The summed E-state index contributed by atoms with van der Waals surface area (Å²) in [4.78, 5) is 24.1. The van der Waals surface area contributed by atoms with Crippen molar-refractivity contribution in [1.29, 1.82) is 0 Å². The second-order valence-corrected chi connectivity index (χ2v) is 9.54. The zero-order chi connectivity index (χ0) is 26.7. The van der Waals surface area contributed by atoms with Gasteiger partial charge in [-0.15, -0.1) is 6.42 Å². The fourth-order valence-electron chi connectivity index (χ4n) is 3.54. The summed E-state index contributed by atoms with van der Waals surface area (Å²) in [5.41, 5.74) is 1.77. The Morgan fingerprint density at radius 3 is 2.86 bits per heavy atom. The molecule has 37 heavy (non-hydrogen) atoms. The highest BCUT2D eigenvalue weighted by Gasteiger charge is 2.46. The highest BCUT2D eigenvalue weighted by Crippen LogP contribution is 2.35. The van der Waals surface area contributed by atoms with E-state index in [0.717, 1.165) is 0 Å². The van der Waals surface area contributed by atoms with Crippen molar-refractivity contribution in [3.63, 3.8) is 0 Å². The highest BCUT2D eigenvalue weighted by molar-refractivity contribution is 7.85. The van der Waals surface area contributed by atoms with Crippen LogP contribution >= 0.6 is 0 Å². The molecule has 13 nitrogen and oxygen atoms in total. The number of benzene rings is 1. The molecule has 0 bridgehead atoms. The Bertz CT molecular complexity index is 1440. The van der Waals surface area contributed by atoms with Crippen LogP contribution in [0.3, 0.4) is 0 Å². The van der Waals surface area contributed by atoms with Gasteiger partial charge >= 0.3 is 16.4 Å². The third-order valence-electron chi connectivity index (χ3n) is 5.16. The molecule has 1 fully saturated rings. The fraction of sp³-hybridized carbons (Fsp3) is 0.364. The standard InChI is InChI=1S/C22H23FN6O7S/c1-4-13-6-5-7-14(8-13)27-19-17-20(25-10-24-19)29(11-26-17)21-16(23)18(30)15(36-21)9-34-37(32,33)28-22(31)35-12(2)3/h1,5-8,10-12,15-16,18,21,30H,9H2,2-3H3,(H,28,31)(H,24,25,27)/t15-,16+,18-,21-/m1/s1. The number of aliphatic hydroxyl groups excluding tert-OH is 1. The first-order valence-electron chi connectivity index (χ1n) is 10.9. The number of aliphatic hydroxyl groups is 1. The number of fused-ring (bicyclic) bond motifs is 1. The van der Waals surface area contributed by atoms with E-state index in [1.807, 2.05) is 0 Å². The van der Waals surface area contributed by atoms with E-state index in [4.69, 9.17) is 11.2 Å². The van der Waals surface area contributed by atoms with Gasteiger partial charge in [-0.1, -0.05) is 12.0 Å². The molecule has 0 spiro atoms. The predicted octanol–water partition coefficient (Wildman–Crippen LogP) is 1.54. The summed E-state index contributed by atoms with van der Waals surface area (Å²) in [7, 11) is -4.60. The number of nitrogens with one attached hydrogen (secondary N) is 2. The fourth-order valence-corrected chi connectivity index (χ4v) is 4.17. The zero-order valence-corrected chi connectivity index (χ0v) is 20.4. The van der Waals surface area contributed by atoms with Gasteiger partial charge in [-0.05, 0) is 32.0 Å². The van der Waals surface area contributed by atoms with Crippen molar-refractivity contribution in [2.24, 2.45) is 0 Å². The quantitative estimate of drug-likeness (QED) is 0.359. The number of amides is 1. The Hall–Kier alpha value is -3.84. The third-order valence-corrected chi connectivity index (χ3v) is 6.02. The minimum atomic E-state index is -4.60. The molecule has 15 heteroatoms. The minimum Gasteiger partial charge on any atom is -0.446 e. The average molecular weight is 535 g/mol. The van der Waals surface area contributed by atoms with Crippen molar-refractivity contribution in [3.8, 4) is 12.3 Å². The number of anilines is 2. The van der Waals surface area contributed by atoms with E-state index in [-0.39, 0.29) is 11.2 Å². The molecule has 0 unspecified atom stereocenters. The van der Waals surface area contributed by atoms with Gasteiger partial charge in [0.25, 0.3) is 0 Å². The average Bonchev–Trinajstić information content (AvgIpc) is 3.39. The summed E-state index contributed by atoms with van der Waals surface area (Å²) in [6.07, 6.45) is -0.391.